The molecule has 2 aromatic rings. The summed E-state index contributed by atoms with van der Waals surface area (Å²) in [6.45, 7) is 0.900. The van der Waals surface area contributed by atoms with Gasteiger partial charge in [0.2, 0.25) is 15.9 Å². The molecule has 1 amide bonds. The lowest BCUT2D eigenvalue weighted by atomic mass is 9.96. The molecule has 8 nitrogen and oxygen atoms in total. The zero-order valence-electron chi connectivity index (χ0n) is 18.5. The highest BCUT2D eigenvalue weighted by molar-refractivity contribution is 7.99. The SMILES string of the molecule is CN(C1CCCCC1)S(=O)(=O)c1ccc(NC(=O)CSc2nnc3n2CCCCC3)cc1. The van der Waals surface area contributed by atoms with E-state index in [0.29, 0.717) is 5.69 Å². The number of thioether (sulfide) groups is 1. The zero-order valence-corrected chi connectivity index (χ0v) is 20.1. The molecular formula is C22H31N5O3S2. The number of hydrogen-bond acceptors (Lipinski definition) is 6. The molecule has 0 spiro atoms. The van der Waals surface area contributed by atoms with Crippen LogP contribution in [-0.4, -0.2) is 52.2 Å². The lowest BCUT2D eigenvalue weighted by molar-refractivity contribution is -0.113. The van der Waals surface area contributed by atoms with Crippen LogP contribution in [0.3, 0.4) is 0 Å². The number of aryl methyl sites for hydroxylation is 1. The second kappa shape index (κ2) is 10.4. The second-order valence-electron chi connectivity index (χ2n) is 8.54. The molecule has 0 radical (unpaired) electrons. The number of fused-ring (bicyclic) bond motifs is 1. The molecule has 4 rings (SSSR count). The van der Waals surface area contributed by atoms with E-state index in [1.807, 2.05) is 0 Å². The molecule has 2 heterocycles. The Morgan fingerprint density at radius 3 is 2.56 bits per heavy atom. The molecule has 1 aliphatic heterocycles. The molecule has 0 saturated heterocycles. The molecule has 10 heteroatoms. The van der Waals surface area contributed by atoms with Gasteiger partial charge in [-0.1, -0.05) is 37.4 Å². The number of amides is 1. The molecule has 1 N–H and O–H groups in total. The molecule has 0 unspecified atom stereocenters. The summed E-state index contributed by atoms with van der Waals surface area (Å²) >= 11 is 1.38. The van der Waals surface area contributed by atoms with E-state index in [9.17, 15) is 13.2 Å². The quantitative estimate of drug-likeness (QED) is 0.611. The van der Waals surface area contributed by atoms with E-state index in [-0.39, 0.29) is 22.6 Å². The van der Waals surface area contributed by atoms with Crippen molar-refractivity contribution in [2.45, 2.75) is 80.4 Å². The Kier molecular flexibility index (Phi) is 7.52. The number of carbonyl (C=O) groups excluding carboxylic acids is 1. The number of rotatable bonds is 7. The highest BCUT2D eigenvalue weighted by Crippen LogP contribution is 2.27. The first-order chi connectivity index (χ1) is 15.4. The summed E-state index contributed by atoms with van der Waals surface area (Å²) in [5.41, 5.74) is 0.579. The van der Waals surface area contributed by atoms with Crippen molar-refractivity contribution in [3.05, 3.63) is 30.1 Å². The van der Waals surface area contributed by atoms with Crippen molar-refractivity contribution in [2.24, 2.45) is 0 Å². The molecule has 32 heavy (non-hydrogen) atoms. The van der Waals surface area contributed by atoms with Gasteiger partial charge in [-0.3, -0.25) is 4.79 Å². The molecule has 1 aromatic heterocycles. The summed E-state index contributed by atoms with van der Waals surface area (Å²) in [6, 6.07) is 6.49. The number of carbonyl (C=O) groups is 1. The summed E-state index contributed by atoms with van der Waals surface area (Å²) in [5, 5.41) is 12.1. The lowest BCUT2D eigenvalue weighted by Gasteiger charge is -2.30. The molecule has 1 saturated carbocycles. The zero-order chi connectivity index (χ0) is 22.6. The van der Waals surface area contributed by atoms with E-state index in [0.717, 1.165) is 62.5 Å². The third-order valence-corrected chi connectivity index (χ3v) is 9.20. The molecule has 174 valence electrons. The standard InChI is InChI=1S/C22H31N5O3S2/c1-26(18-8-4-2-5-9-18)32(29,30)19-13-11-17(12-14-19)23-21(28)16-31-22-25-24-20-10-6-3-7-15-27(20)22/h11-14,18H,2-10,15-16H2,1H3,(H,23,28). The maximum atomic E-state index is 13.0. The predicted octanol–water partition coefficient (Wildman–Crippen LogP) is 3.69. The Balaban J connectivity index is 1.33. The molecule has 1 fully saturated rings. The number of nitrogens with zero attached hydrogens (tertiary/aromatic N) is 4. The number of hydrogen-bond donors (Lipinski definition) is 1. The van der Waals surface area contributed by atoms with Crippen molar-refractivity contribution in [1.29, 1.82) is 0 Å². The highest BCUT2D eigenvalue weighted by atomic mass is 32.2. The number of anilines is 1. The summed E-state index contributed by atoms with van der Waals surface area (Å²) < 4.78 is 29.6. The number of sulfonamides is 1. The van der Waals surface area contributed by atoms with Gasteiger partial charge >= 0.3 is 0 Å². The van der Waals surface area contributed by atoms with Crippen molar-refractivity contribution in [3.8, 4) is 0 Å². The van der Waals surface area contributed by atoms with Gasteiger partial charge in [0.05, 0.1) is 10.6 Å². The Bertz CT molecular complexity index is 1030. The van der Waals surface area contributed by atoms with Gasteiger partial charge in [-0.05, 0) is 49.9 Å². The maximum absolute atomic E-state index is 13.0. The van der Waals surface area contributed by atoms with Crippen LogP contribution in [0.5, 0.6) is 0 Å². The largest absolute Gasteiger partial charge is 0.325 e. The van der Waals surface area contributed by atoms with Gasteiger partial charge < -0.3 is 9.88 Å². The van der Waals surface area contributed by atoms with Crippen LogP contribution in [0.15, 0.2) is 34.3 Å². The average Bonchev–Trinajstić information content (AvgIpc) is 3.04. The van der Waals surface area contributed by atoms with Gasteiger partial charge in [0.1, 0.15) is 5.82 Å². The van der Waals surface area contributed by atoms with Gasteiger partial charge in [-0.2, -0.15) is 4.31 Å². The van der Waals surface area contributed by atoms with Crippen molar-refractivity contribution in [3.63, 3.8) is 0 Å². The summed E-state index contributed by atoms with van der Waals surface area (Å²) in [4.78, 5) is 12.7. The van der Waals surface area contributed by atoms with Crippen LogP contribution >= 0.6 is 11.8 Å². The van der Waals surface area contributed by atoms with Crippen LogP contribution in [0, 0.1) is 0 Å². The third-order valence-electron chi connectivity index (χ3n) is 6.31. The minimum absolute atomic E-state index is 0.0670. The molecule has 0 bridgehead atoms. The lowest BCUT2D eigenvalue weighted by Crippen LogP contribution is -2.38. The minimum Gasteiger partial charge on any atom is -0.325 e. The topological polar surface area (TPSA) is 97.2 Å². The monoisotopic (exact) mass is 477 g/mol. The van der Waals surface area contributed by atoms with Gasteiger partial charge in [0.25, 0.3) is 0 Å². The fourth-order valence-electron chi connectivity index (χ4n) is 4.41. The van der Waals surface area contributed by atoms with E-state index in [2.05, 4.69) is 20.1 Å². The fraction of sp³-hybridized carbons (Fsp3) is 0.591. The smallest absolute Gasteiger partial charge is 0.243 e. The van der Waals surface area contributed by atoms with Crippen molar-refractivity contribution < 1.29 is 13.2 Å². The maximum Gasteiger partial charge on any atom is 0.243 e. The first-order valence-electron chi connectivity index (χ1n) is 11.4. The van der Waals surface area contributed by atoms with Crippen LogP contribution in [0.4, 0.5) is 5.69 Å². The summed E-state index contributed by atoms with van der Waals surface area (Å²) in [5.74, 6) is 1.07. The van der Waals surface area contributed by atoms with Gasteiger partial charge in [0, 0.05) is 31.7 Å². The Morgan fingerprint density at radius 2 is 1.81 bits per heavy atom. The van der Waals surface area contributed by atoms with E-state index >= 15 is 0 Å². The molecule has 0 atom stereocenters. The summed E-state index contributed by atoms with van der Waals surface area (Å²) in [7, 11) is -1.87. The van der Waals surface area contributed by atoms with Crippen LogP contribution in [0.2, 0.25) is 0 Å². The van der Waals surface area contributed by atoms with Crippen LogP contribution < -0.4 is 5.32 Å². The van der Waals surface area contributed by atoms with Gasteiger partial charge in [-0.25, -0.2) is 8.42 Å². The van der Waals surface area contributed by atoms with E-state index < -0.39 is 10.0 Å². The van der Waals surface area contributed by atoms with Crippen LogP contribution in [-0.2, 0) is 27.8 Å². The summed E-state index contributed by atoms with van der Waals surface area (Å²) in [6.07, 6.45) is 9.52. The first-order valence-corrected chi connectivity index (χ1v) is 13.8. The van der Waals surface area contributed by atoms with E-state index in [4.69, 9.17) is 0 Å². The minimum atomic E-state index is -3.54. The van der Waals surface area contributed by atoms with Gasteiger partial charge in [-0.15, -0.1) is 10.2 Å². The van der Waals surface area contributed by atoms with E-state index in [1.165, 1.54) is 28.9 Å². The average molecular weight is 478 g/mol. The van der Waals surface area contributed by atoms with Crippen LogP contribution in [0.1, 0.15) is 57.2 Å². The highest BCUT2D eigenvalue weighted by Gasteiger charge is 2.29. The number of benzene rings is 1. The van der Waals surface area contributed by atoms with Crippen LogP contribution in [0.25, 0.3) is 0 Å². The van der Waals surface area contributed by atoms with Crippen molar-refractivity contribution >= 4 is 33.4 Å². The second-order valence-corrected chi connectivity index (χ2v) is 11.5. The fourth-order valence-corrected chi connectivity index (χ4v) is 6.61. The Morgan fingerprint density at radius 1 is 1.09 bits per heavy atom. The molecular weight excluding hydrogens is 446 g/mol. The number of aromatic nitrogens is 3. The molecule has 1 aliphatic carbocycles. The molecule has 1 aromatic carbocycles. The third kappa shape index (κ3) is 5.35. The normalized spacial score (nSPS) is 17.7. The first kappa shape index (κ1) is 23.3. The van der Waals surface area contributed by atoms with Crippen molar-refractivity contribution in [2.75, 3.05) is 18.1 Å². The van der Waals surface area contributed by atoms with E-state index in [1.54, 1.807) is 31.3 Å². The Labute approximate surface area is 194 Å². The van der Waals surface area contributed by atoms with Gasteiger partial charge in [0.15, 0.2) is 5.16 Å². The van der Waals surface area contributed by atoms with Crippen molar-refractivity contribution in [1.82, 2.24) is 19.1 Å². The Hall–Kier alpha value is -1.91. The number of nitrogens with one attached hydrogen (secondary N) is 1. The molecule has 2 aliphatic rings. The predicted molar refractivity (Wildman–Crippen MR) is 125 cm³/mol.